The van der Waals surface area contributed by atoms with E-state index in [2.05, 4.69) is 20.6 Å². The highest BCUT2D eigenvalue weighted by Gasteiger charge is 2.42. The number of ether oxygens (including phenoxy) is 8. The van der Waals surface area contributed by atoms with Crippen molar-refractivity contribution in [1.29, 1.82) is 0 Å². The van der Waals surface area contributed by atoms with E-state index in [1.165, 1.54) is 38.5 Å². The van der Waals surface area contributed by atoms with Gasteiger partial charge in [-0.25, -0.2) is 33.4 Å². The fourth-order valence-corrected chi connectivity index (χ4v) is 14.7. The first-order valence-corrected chi connectivity index (χ1v) is 36.7. The van der Waals surface area contributed by atoms with Gasteiger partial charge in [0.15, 0.2) is 0 Å². The predicted molar refractivity (Wildman–Crippen MR) is 423 cm³/mol. The molecule has 23 nitrogen and oxygen atoms in total. The Labute approximate surface area is 643 Å². The lowest BCUT2D eigenvalue weighted by molar-refractivity contribution is 0.0469. The van der Waals surface area contributed by atoms with Crippen LogP contribution in [0.5, 0.6) is 57.5 Å². The van der Waals surface area contributed by atoms with E-state index < -0.39 is 48.2 Å². The van der Waals surface area contributed by atoms with Crippen molar-refractivity contribution in [1.82, 2.24) is 30.0 Å². The first-order chi connectivity index (χ1) is 54.9. The Bertz CT molecular complexity index is 6200. The molecule has 0 unspecified atom stereocenters. The molecule has 0 atom stereocenters. The smallest absolute Gasteiger partial charge is 0.339 e. The Kier molecular flexibility index (Phi) is 18.9. The lowest BCUT2D eigenvalue weighted by Gasteiger charge is -2.34. The van der Waals surface area contributed by atoms with Crippen LogP contribution in [0.3, 0.4) is 0 Å². The maximum atomic E-state index is 16.4. The van der Waals surface area contributed by atoms with Crippen molar-refractivity contribution in [3.8, 4) is 57.5 Å². The van der Waals surface area contributed by atoms with Crippen molar-refractivity contribution in [2.75, 3.05) is 18.1 Å². The van der Waals surface area contributed by atoms with E-state index in [4.69, 9.17) is 46.7 Å². The topological polar surface area (TPSA) is 267 Å². The van der Waals surface area contributed by atoms with E-state index in [0.29, 0.717) is 56.7 Å². The minimum absolute atomic E-state index is 0.0149. The molecule has 0 saturated heterocycles. The molecule has 0 aliphatic carbocycles. The van der Waals surface area contributed by atoms with Gasteiger partial charge in [0.2, 0.25) is 0 Å². The quantitative estimate of drug-likeness (QED) is 0.0169. The van der Waals surface area contributed by atoms with Crippen LogP contribution in [0.1, 0.15) is 115 Å². The van der Waals surface area contributed by atoms with E-state index in [1.807, 2.05) is 120 Å². The average molecular weight is 1500 g/mol. The minimum atomic E-state index is -0.952. The van der Waals surface area contributed by atoms with Crippen LogP contribution in [0.25, 0.3) is 65.0 Å². The Hall–Kier alpha value is -14.5. The second-order valence-corrected chi connectivity index (χ2v) is 28.0. The number of amides is 2. The molecular weight excluding hydrogens is 1440 g/mol. The van der Waals surface area contributed by atoms with E-state index in [-0.39, 0.29) is 132 Å². The molecule has 0 bridgehead atoms. The number of para-hydroxylation sites is 5. The summed E-state index contributed by atoms with van der Waals surface area (Å²) >= 11 is 0. The number of benzene rings is 12. The molecule has 560 valence electrons. The molecule has 113 heavy (non-hydrogen) atoms. The van der Waals surface area contributed by atoms with Gasteiger partial charge in [-0.05, 0) is 145 Å². The number of carbonyl (C=O) groups excluding carboxylic acids is 4. The number of nitrogens with zero attached hydrogens (tertiary/aromatic N) is 7. The SMILES string of the molecule is Cc1cc(=O)oc2cc(OCCn3cc(COC(=O)c4cc(Oc5ccccc5)c5c6c(Oc7ccccc7)cc7c8c(cc(Oc9ccccc9)c(c9c(Oc%10ccccc%10)cc(C(=O)OCc%10cn(CCOc%11ccc%12c(C)cc(=O)oc%12c%11)nn%10)c4c59)c86)C(=O)N(c4c(C(C)C)cccc4C(C)C)C7=O)nn3)ccc12. The van der Waals surface area contributed by atoms with Crippen LogP contribution in [-0.2, 0) is 35.8 Å². The van der Waals surface area contributed by atoms with E-state index in [1.54, 1.807) is 122 Å². The Morgan fingerprint density at radius 3 is 1.15 bits per heavy atom. The molecule has 17 rings (SSSR count). The number of hydrogen-bond acceptors (Lipinski definition) is 20. The number of rotatable bonds is 25. The number of fused-ring (bicyclic) bond motifs is 4. The van der Waals surface area contributed by atoms with Gasteiger partial charge in [0.1, 0.15) is 106 Å². The summed E-state index contributed by atoms with van der Waals surface area (Å²) < 4.78 is 67.6. The number of carbonyl (C=O) groups is 4. The number of esters is 2. The maximum Gasteiger partial charge on any atom is 0.339 e. The molecule has 1 aliphatic rings. The summed E-state index contributed by atoms with van der Waals surface area (Å²) in [6.07, 6.45) is 3.21. The van der Waals surface area contributed by atoms with Crippen molar-refractivity contribution in [2.45, 2.75) is 79.7 Å². The van der Waals surface area contributed by atoms with Crippen molar-refractivity contribution in [3.05, 3.63) is 301 Å². The molecule has 0 spiro atoms. The van der Waals surface area contributed by atoms with Gasteiger partial charge in [-0.3, -0.25) is 9.59 Å². The van der Waals surface area contributed by atoms with Crippen LogP contribution >= 0.6 is 0 Å². The Balaban J connectivity index is 0.869. The largest absolute Gasteiger partial charge is 0.492 e. The van der Waals surface area contributed by atoms with Crippen molar-refractivity contribution in [2.24, 2.45) is 0 Å². The molecule has 0 fully saturated rings. The summed E-state index contributed by atoms with van der Waals surface area (Å²) in [5.74, 6) is -0.874. The summed E-state index contributed by atoms with van der Waals surface area (Å²) in [5, 5.41) is 20.6. The third kappa shape index (κ3) is 13.8. The Morgan fingerprint density at radius 2 is 0.770 bits per heavy atom. The second kappa shape index (κ2) is 29.8. The molecule has 0 radical (unpaired) electrons. The van der Waals surface area contributed by atoms with Crippen LogP contribution < -0.4 is 44.6 Å². The van der Waals surface area contributed by atoms with Gasteiger partial charge in [-0.1, -0.05) is 129 Å². The molecule has 2 amide bonds. The summed E-state index contributed by atoms with van der Waals surface area (Å²) in [6, 6.07) is 61.2. The molecule has 0 saturated carbocycles. The minimum Gasteiger partial charge on any atom is -0.492 e. The van der Waals surface area contributed by atoms with Gasteiger partial charge in [-0.2, -0.15) is 0 Å². The highest BCUT2D eigenvalue weighted by molar-refractivity contribution is 6.46. The molecule has 1 aliphatic heterocycles. The molecule has 4 aromatic heterocycles. The van der Waals surface area contributed by atoms with Crippen LogP contribution in [0.15, 0.2) is 243 Å². The Morgan fingerprint density at radius 1 is 0.398 bits per heavy atom. The van der Waals surface area contributed by atoms with Gasteiger partial charge in [0.25, 0.3) is 11.8 Å². The average Bonchev–Trinajstić information content (AvgIpc) is 0.843. The van der Waals surface area contributed by atoms with Crippen LogP contribution in [0.4, 0.5) is 5.69 Å². The maximum absolute atomic E-state index is 16.4. The zero-order valence-corrected chi connectivity index (χ0v) is 61.9. The van der Waals surface area contributed by atoms with Crippen LogP contribution in [-0.4, -0.2) is 67.0 Å². The zero-order chi connectivity index (χ0) is 77.7. The predicted octanol–water partition coefficient (Wildman–Crippen LogP) is 18.8. The fraction of sp³-hybridized carbons (Fsp3) is 0.156. The van der Waals surface area contributed by atoms with E-state index >= 15 is 19.2 Å². The number of anilines is 1. The number of aromatic nitrogens is 6. The number of aryl methyl sites for hydroxylation is 2. The van der Waals surface area contributed by atoms with E-state index in [0.717, 1.165) is 33.0 Å². The lowest BCUT2D eigenvalue weighted by atomic mass is 9.81. The second-order valence-electron chi connectivity index (χ2n) is 28.0. The summed E-state index contributed by atoms with van der Waals surface area (Å²) in [7, 11) is 0. The zero-order valence-electron chi connectivity index (χ0n) is 61.9. The molecule has 16 aromatic rings. The number of imide groups is 1. The van der Waals surface area contributed by atoms with Gasteiger partial charge < -0.3 is 46.7 Å². The van der Waals surface area contributed by atoms with E-state index in [9.17, 15) is 9.59 Å². The summed E-state index contributed by atoms with van der Waals surface area (Å²) in [5.41, 5.74) is 3.71. The van der Waals surface area contributed by atoms with Gasteiger partial charge >= 0.3 is 23.2 Å². The van der Waals surface area contributed by atoms with Gasteiger partial charge in [-0.15, -0.1) is 10.2 Å². The highest BCUT2D eigenvalue weighted by atomic mass is 16.5. The van der Waals surface area contributed by atoms with Gasteiger partial charge in [0.05, 0.1) is 53.4 Å². The van der Waals surface area contributed by atoms with Crippen molar-refractivity contribution in [3.63, 3.8) is 0 Å². The van der Waals surface area contributed by atoms with Crippen LogP contribution in [0, 0.1) is 13.8 Å². The molecule has 12 aromatic carbocycles. The number of hydrogen-bond donors (Lipinski definition) is 0. The monoisotopic (exact) mass is 1500 g/mol. The lowest BCUT2D eigenvalue weighted by Crippen LogP contribution is -2.42. The van der Waals surface area contributed by atoms with Crippen molar-refractivity contribution >= 4 is 94.5 Å². The molecule has 23 heteroatoms. The summed E-state index contributed by atoms with van der Waals surface area (Å²) in [4.78, 5) is 90.6. The van der Waals surface area contributed by atoms with Gasteiger partial charge in [0, 0.05) is 78.1 Å². The molecule has 5 heterocycles. The third-order valence-corrected chi connectivity index (χ3v) is 19.8. The molecule has 0 N–H and O–H groups in total. The first-order valence-electron chi connectivity index (χ1n) is 36.7. The summed E-state index contributed by atoms with van der Waals surface area (Å²) in [6.45, 7) is 11.6. The molecular formula is C90H69N7O16. The normalized spacial score (nSPS) is 12.2. The standard InChI is InChI=1S/C90H69N7O16/c1-50(2)62-28-19-29-63(51(3)4)86(62)97-87(100)66-42-72(108-56-20-11-7-12-21-56)80-82-74(110-58-24-15-9-16-25-58)44-68(89(102)106-48-54-46-95(93-91-54)34-36-104-60-30-32-64-52(5)38-76(98)112-70(64)40-60)79-69(90(103)107-49-55-47-96(94-92-55)35-37-105-61-31-33-65-53(6)39-77(99)113-71(65)41-61)45-75(111-59-26-17-10-18-27-59)83(85(79)82)81-73(109-57-22-13-8-14-23-57)43-67(88(97)101)78(66)84(80)81/h7-33,38-47,50-51H,34-37,48-49H2,1-6H3. The fourth-order valence-electron chi connectivity index (χ4n) is 14.7. The third-order valence-electron chi connectivity index (χ3n) is 19.8. The first kappa shape index (κ1) is 71.4. The van der Waals surface area contributed by atoms with Crippen molar-refractivity contribution < 1.29 is 65.9 Å². The highest BCUT2D eigenvalue weighted by Crippen LogP contribution is 2.58. The van der Waals surface area contributed by atoms with Crippen LogP contribution in [0.2, 0.25) is 0 Å².